The zero-order valence-corrected chi connectivity index (χ0v) is 30.0. The molecule has 0 radical (unpaired) electrons. The molecule has 2 bridgehead atoms. The smallest absolute Gasteiger partial charge is 0.313 e. The number of allylic oxidation sites excluding steroid dienone is 1. The molecule has 0 aliphatic carbocycles. The van der Waals surface area contributed by atoms with Gasteiger partial charge >= 0.3 is 5.97 Å². The lowest BCUT2D eigenvalue weighted by Crippen LogP contribution is -2.60. The SMILES string of the molecule is C=CCCC(=O)NC[C@@H](OC(=O)[C@H]1[C@@H]2O[C@@]3(CC2Br)[C@@H]1C(=O)N([C@@H](CO)C(C)C)[C@@H]3C(=O)N(CC=C)c1ccccc1Cl)c1ccccc1. The van der Waals surface area contributed by atoms with E-state index < -0.39 is 66.1 Å². The van der Waals surface area contributed by atoms with Gasteiger partial charge in [-0.15, -0.1) is 13.2 Å². The number of para-hydroxylation sites is 1. The maximum Gasteiger partial charge on any atom is 0.313 e. The Bertz CT molecular complexity index is 1570. The monoisotopic (exact) mass is 755 g/mol. The van der Waals surface area contributed by atoms with Gasteiger partial charge in [-0.2, -0.15) is 0 Å². The summed E-state index contributed by atoms with van der Waals surface area (Å²) in [5, 5.41) is 13.8. The Labute approximate surface area is 300 Å². The van der Waals surface area contributed by atoms with Crippen molar-refractivity contribution in [3.8, 4) is 0 Å². The van der Waals surface area contributed by atoms with Crippen molar-refractivity contribution < 1.29 is 33.8 Å². The van der Waals surface area contributed by atoms with E-state index in [1.165, 1.54) is 9.80 Å². The van der Waals surface area contributed by atoms with Crippen molar-refractivity contribution in [1.29, 1.82) is 0 Å². The van der Waals surface area contributed by atoms with Crippen LogP contribution in [0.1, 0.15) is 44.8 Å². The largest absolute Gasteiger partial charge is 0.455 e. The lowest BCUT2D eigenvalue weighted by Gasteiger charge is -2.40. The molecular formula is C37H43BrClN3O7. The molecule has 49 heavy (non-hydrogen) atoms. The minimum atomic E-state index is -1.40. The van der Waals surface area contributed by atoms with E-state index >= 15 is 0 Å². The third-order valence-electron chi connectivity index (χ3n) is 9.76. The van der Waals surface area contributed by atoms with Crippen molar-refractivity contribution in [3.05, 3.63) is 90.5 Å². The normalized spacial score (nSPS) is 26.6. The molecule has 1 unspecified atom stereocenters. The first kappa shape index (κ1) is 36.8. The predicted octanol–water partition coefficient (Wildman–Crippen LogP) is 4.99. The van der Waals surface area contributed by atoms with E-state index in [-0.39, 0.29) is 42.6 Å². The van der Waals surface area contributed by atoms with Crippen molar-refractivity contribution in [2.24, 2.45) is 17.8 Å². The summed E-state index contributed by atoms with van der Waals surface area (Å²) in [6.07, 6.45) is 2.63. The Morgan fingerprint density at radius 1 is 1.16 bits per heavy atom. The van der Waals surface area contributed by atoms with E-state index in [9.17, 15) is 24.3 Å². The average molecular weight is 757 g/mol. The summed E-state index contributed by atoms with van der Waals surface area (Å²) in [7, 11) is 0. The van der Waals surface area contributed by atoms with E-state index in [4.69, 9.17) is 21.1 Å². The molecule has 5 rings (SSSR count). The molecule has 3 aliphatic rings. The molecular weight excluding hydrogens is 714 g/mol. The Morgan fingerprint density at radius 2 is 1.86 bits per heavy atom. The third-order valence-corrected chi connectivity index (χ3v) is 10.9. The number of rotatable bonds is 15. The Hall–Kier alpha value is -3.51. The van der Waals surface area contributed by atoms with Gasteiger partial charge in [-0.3, -0.25) is 19.2 Å². The molecule has 8 atom stereocenters. The second-order valence-corrected chi connectivity index (χ2v) is 14.6. The van der Waals surface area contributed by atoms with Crippen LogP contribution in [0.3, 0.4) is 0 Å². The average Bonchev–Trinajstić information content (AvgIpc) is 3.68. The number of likely N-dealkylation sites (tertiary alicyclic amines) is 1. The first-order chi connectivity index (χ1) is 23.5. The van der Waals surface area contributed by atoms with Crippen LogP contribution in [0.5, 0.6) is 0 Å². The van der Waals surface area contributed by atoms with Crippen molar-refractivity contribution in [1.82, 2.24) is 10.2 Å². The highest BCUT2D eigenvalue weighted by atomic mass is 79.9. The number of halogens is 2. The summed E-state index contributed by atoms with van der Waals surface area (Å²) in [6, 6.07) is 14.0. The summed E-state index contributed by atoms with van der Waals surface area (Å²) in [4.78, 5) is 58.9. The van der Waals surface area contributed by atoms with Crippen LogP contribution >= 0.6 is 27.5 Å². The number of nitrogens with zero attached hydrogens (tertiary/aromatic N) is 2. The summed E-state index contributed by atoms with van der Waals surface area (Å²) in [5.74, 6) is -4.15. The van der Waals surface area contributed by atoms with Crippen LogP contribution in [0, 0.1) is 17.8 Å². The number of carbonyl (C=O) groups excluding carboxylic acids is 4. The highest BCUT2D eigenvalue weighted by Gasteiger charge is 2.77. The Morgan fingerprint density at radius 3 is 2.49 bits per heavy atom. The van der Waals surface area contributed by atoms with E-state index in [0.717, 1.165) is 0 Å². The van der Waals surface area contributed by atoms with Crippen molar-refractivity contribution in [2.75, 3.05) is 24.6 Å². The number of hydrogen-bond acceptors (Lipinski definition) is 7. The standard InChI is InChI=1S/C37H43BrClN3O7/c1-5-7-17-29(44)40-20-28(23-13-9-8-10-14-23)48-36(47)30-31-34(45)42(27(21-43)22(3)4)33(37(31)19-24(38)32(30)49-37)35(46)41(18-6-2)26-16-12-11-15-25(26)39/h5-6,8-16,22,24,27-28,30-33,43H,1-2,7,17-21H2,3-4H3,(H,40,44)/t24?,27-,28+,30+,31-,32+,33+,37-/m0/s1. The quantitative estimate of drug-likeness (QED) is 0.149. The van der Waals surface area contributed by atoms with Crippen LogP contribution < -0.4 is 10.2 Å². The topological polar surface area (TPSA) is 125 Å². The number of fused-ring (bicyclic) bond motifs is 1. The number of esters is 1. The number of aliphatic hydroxyl groups is 1. The molecule has 0 aromatic heterocycles. The molecule has 3 amide bonds. The highest BCUT2D eigenvalue weighted by Crippen LogP contribution is 2.61. The van der Waals surface area contributed by atoms with Crippen LogP contribution in [-0.2, 0) is 28.7 Å². The van der Waals surface area contributed by atoms with Crippen molar-refractivity contribution >= 4 is 56.9 Å². The Kier molecular flexibility index (Phi) is 11.7. The summed E-state index contributed by atoms with van der Waals surface area (Å²) in [6.45, 7) is 10.9. The number of benzene rings is 2. The van der Waals surface area contributed by atoms with E-state index in [2.05, 4.69) is 34.4 Å². The number of hydrogen-bond donors (Lipinski definition) is 2. The maximum absolute atomic E-state index is 14.9. The molecule has 0 saturated carbocycles. The zero-order chi connectivity index (χ0) is 35.5. The van der Waals surface area contributed by atoms with E-state index in [1.54, 1.807) is 48.6 Å². The molecule has 1 spiro atoms. The number of aliphatic hydroxyl groups excluding tert-OH is 1. The summed E-state index contributed by atoms with van der Waals surface area (Å²) >= 11 is 10.3. The van der Waals surface area contributed by atoms with Gasteiger partial charge in [0.25, 0.3) is 5.91 Å². The molecule has 2 aromatic rings. The van der Waals surface area contributed by atoms with Gasteiger partial charge < -0.3 is 29.7 Å². The number of ether oxygens (including phenoxy) is 2. The van der Waals surface area contributed by atoms with Gasteiger partial charge in [-0.1, -0.05) is 96.0 Å². The number of anilines is 1. The van der Waals surface area contributed by atoms with Crippen LogP contribution in [0.15, 0.2) is 79.9 Å². The maximum atomic E-state index is 14.9. The molecule has 3 aliphatic heterocycles. The Balaban J connectivity index is 1.53. The minimum Gasteiger partial charge on any atom is -0.455 e. The molecule has 262 valence electrons. The molecule has 2 N–H and O–H groups in total. The van der Waals surface area contributed by atoms with E-state index in [1.807, 2.05) is 32.0 Å². The first-order valence-corrected chi connectivity index (χ1v) is 17.8. The number of nitrogens with one attached hydrogen (secondary N) is 1. The van der Waals surface area contributed by atoms with Crippen LogP contribution in [-0.4, -0.2) is 82.0 Å². The van der Waals surface area contributed by atoms with Gasteiger partial charge in [0.1, 0.15) is 17.7 Å². The van der Waals surface area contributed by atoms with Gasteiger partial charge in [0.15, 0.2) is 0 Å². The molecule has 3 heterocycles. The summed E-state index contributed by atoms with van der Waals surface area (Å²) < 4.78 is 12.8. The second kappa shape index (κ2) is 15.6. The predicted molar refractivity (Wildman–Crippen MR) is 190 cm³/mol. The van der Waals surface area contributed by atoms with Crippen molar-refractivity contribution in [3.63, 3.8) is 0 Å². The van der Waals surface area contributed by atoms with Gasteiger partial charge in [0.2, 0.25) is 11.8 Å². The molecule has 10 nitrogen and oxygen atoms in total. The lowest BCUT2D eigenvalue weighted by molar-refractivity contribution is -0.161. The van der Waals surface area contributed by atoms with Gasteiger partial charge in [0.05, 0.1) is 47.8 Å². The molecule has 12 heteroatoms. The highest BCUT2D eigenvalue weighted by molar-refractivity contribution is 9.09. The second-order valence-electron chi connectivity index (χ2n) is 13.1. The summed E-state index contributed by atoms with van der Waals surface area (Å²) in [5.41, 5.74) is -0.298. The van der Waals surface area contributed by atoms with Gasteiger partial charge in [-0.25, -0.2) is 0 Å². The molecule has 2 aromatic carbocycles. The van der Waals surface area contributed by atoms with E-state index in [0.29, 0.717) is 22.7 Å². The van der Waals surface area contributed by atoms with Gasteiger partial charge in [-0.05, 0) is 36.5 Å². The molecule has 3 saturated heterocycles. The fourth-order valence-corrected chi connectivity index (χ4v) is 8.67. The van der Waals surface area contributed by atoms with Gasteiger partial charge in [0, 0.05) is 17.8 Å². The van der Waals surface area contributed by atoms with Crippen LogP contribution in [0.4, 0.5) is 5.69 Å². The first-order valence-electron chi connectivity index (χ1n) is 16.5. The number of alkyl halides is 1. The minimum absolute atomic E-state index is 0.0208. The lowest BCUT2D eigenvalue weighted by atomic mass is 9.70. The van der Waals surface area contributed by atoms with Crippen LogP contribution in [0.2, 0.25) is 5.02 Å². The fraction of sp³-hybridized carbons (Fsp3) is 0.459. The third kappa shape index (κ3) is 6.95. The molecule has 3 fully saturated rings. The number of amides is 3. The van der Waals surface area contributed by atoms with Crippen molar-refractivity contribution in [2.45, 2.75) is 67.8 Å². The number of carbonyl (C=O) groups is 4. The fourth-order valence-electron chi connectivity index (χ4n) is 7.49. The van der Waals surface area contributed by atoms with Crippen LogP contribution in [0.25, 0.3) is 0 Å². The zero-order valence-electron chi connectivity index (χ0n) is 27.7.